The molecule has 0 bridgehead atoms. The van der Waals surface area contributed by atoms with Crippen molar-refractivity contribution in [3.8, 4) is 11.8 Å². The van der Waals surface area contributed by atoms with Gasteiger partial charge in [0, 0.05) is 10.3 Å². The fraction of sp³-hybridized carbons (Fsp3) is 0.583. The zero-order valence-corrected chi connectivity index (χ0v) is 10.5. The van der Waals surface area contributed by atoms with Crippen molar-refractivity contribution >= 4 is 11.3 Å². The monoisotopic (exact) mass is 223 g/mol. The molecule has 0 N–H and O–H groups in total. The second kappa shape index (κ2) is 5.18. The van der Waals surface area contributed by atoms with Gasteiger partial charge in [-0.1, -0.05) is 27.7 Å². The van der Waals surface area contributed by atoms with Gasteiger partial charge in [-0.2, -0.15) is 5.26 Å². The summed E-state index contributed by atoms with van der Waals surface area (Å²) in [5, 5.41) is 11.0. The predicted octanol–water partition coefficient (Wildman–Crippen LogP) is 3.78. The first-order valence-corrected chi connectivity index (χ1v) is 6.08. The van der Waals surface area contributed by atoms with Crippen molar-refractivity contribution < 1.29 is 4.74 Å². The lowest BCUT2D eigenvalue weighted by molar-refractivity contribution is 0.271. The average Bonchev–Trinajstić information content (AvgIpc) is 2.57. The molecule has 0 radical (unpaired) electrons. The molecule has 0 saturated heterocycles. The van der Waals surface area contributed by atoms with Crippen LogP contribution in [0.5, 0.6) is 5.75 Å². The lowest BCUT2D eigenvalue weighted by Gasteiger charge is -2.07. The SMILES string of the molecule is CC(C)COc1csc(C(C)C)c1C#N. The van der Waals surface area contributed by atoms with Crippen molar-refractivity contribution in [3.63, 3.8) is 0 Å². The van der Waals surface area contributed by atoms with Crippen LogP contribution in [0, 0.1) is 17.2 Å². The molecule has 0 amide bonds. The van der Waals surface area contributed by atoms with E-state index in [4.69, 9.17) is 10.00 Å². The van der Waals surface area contributed by atoms with Crippen LogP contribution in [0.1, 0.15) is 44.1 Å². The molecule has 3 heteroatoms. The molecule has 0 unspecified atom stereocenters. The highest BCUT2D eigenvalue weighted by Gasteiger charge is 2.15. The Morgan fingerprint density at radius 1 is 1.40 bits per heavy atom. The van der Waals surface area contributed by atoms with Crippen molar-refractivity contribution in [1.29, 1.82) is 5.26 Å². The molecule has 1 rings (SSSR count). The van der Waals surface area contributed by atoms with Crippen LogP contribution in [0.2, 0.25) is 0 Å². The third kappa shape index (κ3) is 2.97. The maximum atomic E-state index is 9.08. The molecule has 1 heterocycles. The minimum atomic E-state index is 0.390. The lowest BCUT2D eigenvalue weighted by Crippen LogP contribution is -2.04. The van der Waals surface area contributed by atoms with E-state index < -0.39 is 0 Å². The molecule has 0 aromatic carbocycles. The van der Waals surface area contributed by atoms with Crippen LogP contribution in [0.15, 0.2) is 5.38 Å². The molecule has 0 spiro atoms. The van der Waals surface area contributed by atoms with Crippen molar-refractivity contribution in [2.75, 3.05) is 6.61 Å². The van der Waals surface area contributed by atoms with Crippen LogP contribution in [0.3, 0.4) is 0 Å². The number of rotatable bonds is 4. The van der Waals surface area contributed by atoms with E-state index in [1.165, 1.54) is 0 Å². The first-order chi connectivity index (χ1) is 7.06. The zero-order valence-electron chi connectivity index (χ0n) is 9.70. The Balaban J connectivity index is 2.86. The van der Waals surface area contributed by atoms with Crippen molar-refractivity contribution in [2.45, 2.75) is 33.6 Å². The van der Waals surface area contributed by atoms with Crippen LogP contribution in [0.25, 0.3) is 0 Å². The second-order valence-corrected chi connectivity index (χ2v) is 5.22. The Labute approximate surface area is 95.5 Å². The van der Waals surface area contributed by atoms with Crippen LogP contribution in [-0.2, 0) is 0 Å². The van der Waals surface area contributed by atoms with Gasteiger partial charge in [-0.05, 0) is 11.8 Å². The van der Waals surface area contributed by atoms with Gasteiger partial charge in [0.2, 0.25) is 0 Å². The van der Waals surface area contributed by atoms with Crippen molar-refractivity contribution in [3.05, 3.63) is 15.8 Å². The first kappa shape index (κ1) is 12.1. The largest absolute Gasteiger partial charge is 0.491 e. The molecule has 1 aromatic rings. The van der Waals surface area contributed by atoms with E-state index in [1.807, 2.05) is 5.38 Å². The van der Waals surface area contributed by atoms with Gasteiger partial charge in [0.25, 0.3) is 0 Å². The predicted molar refractivity (Wildman–Crippen MR) is 63.5 cm³/mol. The molecule has 0 aliphatic heterocycles. The molecule has 1 aromatic heterocycles. The number of hydrogen-bond acceptors (Lipinski definition) is 3. The van der Waals surface area contributed by atoms with E-state index in [2.05, 4.69) is 33.8 Å². The highest BCUT2D eigenvalue weighted by atomic mass is 32.1. The van der Waals surface area contributed by atoms with Gasteiger partial charge in [-0.15, -0.1) is 11.3 Å². The van der Waals surface area contributed by atoms with Crippen LogP contribution in [-0.4, -0.2) is 6.61 Å². The molecule has 0 atom stereocenters. The zero-order chi connectivity index (χ0) is 11.4. The Hall–Kier alpha value is -1.01. The Morgan fingerprint density at radius 2 is 2.07 bits per heavy atom. The molecular formula is C12H17NOS. The van der Waals surface area contributed by atoms with E-state index in [0.717, 1.165) is 16.2 Å². The fourth-order valence-electron chi connectivity index (χ4n) is 1.25. The number of thiophene rings is 1. The van der Waals surface area contributed by atoms with Gasteiger partial charge in [-0.25, -0.2) is 0 Å². The molecule has 15 heavy (non-hydrogen) atoms. The highest BCUT2D eigenvalue weighted by molar-refractivity contribution is 7.10. The minimum absolute atomic E-state index is 0.390. The summed E-state index contributed by atoms with van der Waals surface area (Å²) in [6, 6.07) is 2.23. The molecule has 82 valence electrons. The summed E-state index contributed by atoms with van der Waals surface area (Å²) in [4.78, 5) is 1.12. The van der Waals surface area contributed by atoms with Gasteiger partial charge < -0.3 is 4.74 Å². The summed E-state index contributed by atoms with van der Waals surface area (Å²) in [6.07, 6.45) is 0. The van der Waals surface area contributed by atoms with Crippen LogP contribution < -0.4 is 4.74 Å². The second-order valence-electron chi connectivity index (χ2n) is 4.31. The van der Waals surface area contributed by atoms with Gasteiger partial charge in [0.1, 0.15) is 17.4 Å². The quantitative estimate of drug-likeness (QED) is 0.778. The van der Waals surface area contributed by atoms with Crippen LogP contribution >= 0.6 is 11.3 Å². The summed E-state index contributed by atoms with van der Waals surface area (Å²) in [5.74, 6) is 1.62. The van der Waals surface area contributed by atoms with Crippen LogP contribution in [0.4, 0.5) is 0 Å². The summed E-state index contributed by atoms with van der Waals surface area (Å²) in [6.45, 7) is 9.06. The van der Waals surface area contributed by atoms with Gasteiger partial charge in [0.05, 0.1) is 6.61 Å². The topological polar surface area (TPSA) is 33.0 Å². The number of nitriles is 1. The number of hydrogen-bond donors (Lipinski definition) is 0. The summed E-state index contributed by atoms with van der Waals surface area (Å²) >= 11 is 1.61. The first-order valence-electron chi connectivity index (χ1n) is 5.20. The Bertz CT molecular complexity index is 360. The lowest BCUT2D eigenvalue weighted by atomic mass is 10.1. The summed E-state index contributed by atoms with van der Waals surface area (Å²) in [7, 11) is 0. The third-order valence-corrected chi connectivity index (χ3v) is 3.26. The maximum absolute atomic E-state index is 9.08. The Morgan fingerprint density at radius 3 is 2.53 bits per heavy atom. The summed E-state index contributed by atoms with van der Waals surface area (Å²) < 4.78 is 5.61. The third-order valence-electron chi connectivity index (χ3n) is 1.99. The molecule has 0 aliphatic carbocycles. The van der Waals surface area contributed by atoms with Gasteiger partial charge in [0.15, 0.2) is 0 Å². The van der Waals surface area contributed by atoms with E-state index in [9.17, 15) is 0 Å². The van der Waals surface area contributed by atoms with E-state index in [-0.39, 0.29) is 0 Å². The summed E-state index contributed by atoms with van der Waals surface area (Å²) in [5.41, 5.74) is 0.718. The molecule has 2 nitrogen and oxygen atoms in total. The molecular weight excluding hydrogens is 206 g/mol. The standard InChI is InChI=1S/C12H17NOS/c1-8(2)6-14-11-7-15-12(9(3)4)10(11)5-13/h7-9H,6H2,1-4H3. The Kier molecular flexibility index (Phi) is 4.16. The van der Waals surface area contributed by atoms with E-state index in [0.29, 0.717) is 18.4 Å². The van der Waals surface area contributed by atoms with E-state index in [1.54, 1.807) is 11.3 Å². The fourth-order valence-corrected chi connectivity index (χ4v) is 2.21. The molecule has 0 aliphatic rings. The van der Waals surface area contributed by atoms with E-state index >= 15 is 0 Å². The maximum Gasteiger partial charge on any atom is 0.148 e. The van der Waals surface area contributed by atoms with Gasteiger partial charge >= 0.3 is 0 Å². The minimum Gasteiger partial charge on any atom is -0.491 e. The smallest absolute Gasteiger partial charge is 0.148 e. The van der Waals surface area contributed by atoms with Crippen molar-refractivity contribution in [1.82, 2.24) is 0 Å². The normalized spacial score (nSPS) is 10.7. The van der Waals surface area contributed by atoms with Crippen molar-refractivity contribution in [2.24, 2.45) is 5.92 Å². The number of ether oxygens (including phenoxy) is 1. The van der Waals surface area contributed by atoms with Gasteiger partial charge in [-0.3, -0.25) is 0 Å². The molecule has 0 fully saturated rings. The number of nitrogens with zero attached hydrogens (tertiary/aromatic N) is 1. The molecule has 0 saturated carbocycles. The average molecular weight is 223 g/mol. The highest BCUT2D eigenvalue weighted by Crippen LogP contribution is 2.34.